The van der Waals surface area contributed by atoms with Gasteiger partial charge in [-0.05, 0) is 112 Å². The van der Waals surface area contributed by atoms with Gasteiger partial charge in [0.25, 0.3) is 11.8 Å². The number of amides is 2. The molecular formula is C44H50Cl2N8O4S2. The first kappa shape index (κ1) is 43.7. The molecule has 316 valence electrons. The molecule has 2 aliphatic heterocycles. The van der Waals surface area contributed by atoms with E-state index in [9.17, 15) is 19.8 Å². The maximum absolute atomic E-state index is 13.1. The zero-order valence-corrected chi connectivity index (χ0v) is 36.6. The van der Waals surface area contributed by atoms with Gasteiger partial charge in [0.05, 0.1) is 46.4 Å². The van der Waals surface area contributed by atoms with Crippen LogP contribution in [0.4, 0.5) is 0 Å². The normalized spacial score (nSPS) is 17.6. The standard InChI is InChI=1S/2C22H25ClN4O2S/c2*1-13-19(12-28)30-22(25-13)20(17-4-2-3-11-24-17)27-21(29)18-10-9-16(26-18)14-5-7-15(23)8-6-14/h2*5-10,17,20,24,26,28H,2-4,11-12H2,1H3,(H,27,29)/t2*17-,20-/m10/s1. The predicted octanol–water partition coefficient (Wildman–Crippen LogP) is 8.41. The Balaban J connectivity index is 0.000000181. The number of hydrogen-bond donors (Lipinski definition) is 8. The van der Waals surface area contributed by atoms with E-state index < -0.39 is 0 Å². The summed E-state index contributed by atoms with van der Waals surface area (Å²) in [6.07, 6.45) is 6.45. The van der Waals surface area contributed by atoms with Crippen LogP contribution in [0.15, 0.2) is 72.8 Å². The van der Waals surface area contributed by atoms with Crippen LogP contribution in [-0.4, -0.2) is 67.1 Å². The Kier molecular flexibility index (Phi) is 14.9. The monoisotopic (exact) mass is 888 g/mol. The van der Waals surface area contributed by atoms with Crippen molar-refractivity contribution < 1.29 is 19.8 Å². The summed E-state index contributed by atoms with van der Waals surface area (Å²) in [6, 6.07) is 22.1. The van der Waals surface area contributed by atoms with Crippen LogP contribution < -0.4 is 21.3 Å². The summed E-state index contributed by atoms with van der Waals surface area (Å²) in [5.74, 6) is -0.350. The van der Waals surface area contributed by atoms with E-state index in [1.54, 1.807) is 12.1 Å². The van der Waals surface area contributed by atoms with Crippen molar-refractivity contribution >= 4 is 57.7 Å². The van der Waals surface area contributed by atoms with E-state index >= 15 is 0 Å². The molecule has 6 aromatic rings. The van der Waals surface area contributed by atoms with E-state index in [0.29, 0.717) is 21.4 Å². The molecule has 60 heavy (non-hydrogen) atoms. The third-order valence-corrected chi connectivity index (χ3v) is 13.8. The van der Waals surface area contributed by atoms with Crippen LogP contribution in [-0.2, 0) is 13.2 Å². The van der Waals surface area contributed by atoms with Crippen LogP contribution in [0, 0.1) is 13.8 Å². The van der Waals surface area contributed by atoms with Crippen molar-refractivity contribution in [3.05, 3.63) is 125 Å². The third kappa shape index (κ3) is 10.7. The van der Waals surface area contributed by atoms with Crippen LogP contribution in [0.5, 0.6) is 0 Å². The van der Waals surface area contributed by atoms with Gasteiger partial charge in [0.15, 0.2) is 0 Å². The summed E-state index contributed by atoms with van der Waals surface area (Å²) in [5.41, 5.74) is 6.27. The lowest BCUT2D eigenvalue weighted by Gasteiger charge is -2.30. The molecule has 12 nitrogen and oxygen atoms in total. The third-order valence-electron chi connectivity index (χ3n) is 10.9. The maximum Gasteiger partial charge on any atom is 0.268 e. The van der Waals surface area contributed by atoms with E-state index in [0.717, 1.165) is 105 Å². The Morgan fingerprint density at radius 2 is 1.05 bits per heavy atom. The molecular weight excluding hydrogens is 840 g/mol. The number of aromatic amines is 2. The number of carbonyl (C=O) groups is 2. The number of aliphatic hydroxyl groups is 2. The SMILES string of the molecule is Cc1nc([C@@H](NC(=O)c2ccc(-c3ccc(Cl)cc3)[nH]2)[C@@H]2CCCCN2)sc1CO.Cc1nc([C@H](NC(=O)c2ccc(-c3ccc(Cl)cc3)[nH]2)[C@H]2CCCCN2)sc1CO. The molecule has 2 saturated heterocycles. The number of rotatable bonds is 12. The predicted molar refractivity (Wildman–Crippen MR) is 240 cm³/mol. The molecule has 4 aromatic heterocycles. The molecule has 8 rings (SSSR count). The van der Waals surface area contributed by atoms with E-state index in [1.807, 2.05) is 74.5 Å². The average Bonchev–Trinajstić information content (AvgIpc) is 4.10. The number of nitrogens with one attached hydrogen (secondary N) is 6. The zero-order chi connectivity index (χ0) is 42.2. The molecule has 2 aliphatic rings. The maximum atomic E-state index is 13.1. The first-order valence-corrected chi connectivity index (χ1v) is 22.6. The molecule has 0 unspecified atom stereocenters. The smallest absolute Gasteiger partial charge is 0.268 e. The zero-order valence-electron chi connectivity index (χ0n) is 33.5. The van der Waals surface area contributed by atoms with Crippen molar-refractivity contribution in [2.24, 2.45) is 0 Å². The minimum absolute atomic E-state index is 0.0384. The van der Waals surface area contributed by atoms with Gasteiger partial charge in [0, 0.05) is 33.5 Å². The fraction of sp³-hybridized carbons (Fsp3) is 0.364. The molecule has 8 N–H and O–H groups in total. The minimum Gasteiger partial charge on any atom is -0.391 e. The molecule has 0 saturated carbocycles. The molecule has 4 atom stereocenters. The molecule has 16 heteroatoms. The van der Waals surface area contributed by atoms with Crippen LogP contribution >= 0.6 is 45.9 Å². The molecule has 0 bridgehead atoms. The lowest BCUT2D eigenvalue weighted by Crippen LogP contribution is -2.46. The average molecular weight is 890 g/mol. The van der Waals surface area contributed by atoms with Gasteiger partial charge in [-0.15, -0.1) is 22.7 Å². The second kappa shape index (κ2) is 20.5. The lowest BCUT2D eigenvalue weighted by molar-refractivity contribution is 0.0910. The first-order valence-electron chi connectivity index (χ1n) is 20.2. The minimum atomic E-state index is -0.246. The molecule has 6 heterocycles. The summed E-state index contributed by atoms with van der Waals surface area (Å²) in [4.78, 5) is 43.5. The Labute approximate surface area is 367 Å². The van der Waals surface area contributed by atoms with Gasteiger partial charge in [-0.1, -0.05) is 60.3 Å². The molecule has 2 amide bonds. The molecule has 2 aromatic carbocycles. The molecule has 0 aliphatic carbocycles. The number of H-pyrrole nitrogens is 2. The lowest BCUT2D eigenvalue weighted by atomic mass is 9.98. The van der Waals surface area contributed by atoms with Crippen LogP contribution in [0.2, 0.25) is 10.0 Å². The van der Waals surface area contributed by atoms with Crippen molar-refractivity contribution in [1.29, 1.82) is 0 Å². The van der Waals surface area contributed by atoms with Gasteiger partial charge in [-0.2, -0.15) is 0 Å². The van der Waals surface area contributed by atoms with E-state index in [2.05, 4.69) is 41.2 Å². The van der Waals surface area contributed by atoms with Gasteiger partial charge in [-0.3, -0.25) is 9.59 Å². The van der Waals surface area contributed by atoms with Gasteiger partial charge < -0.3 is 41.4 Å². The Morgan fingerprint density at radius 1 is 0.650 bits per heavy atom. The van der Waals surface area contributed by atoms with Gasteiger partial charge in [0.2, 0.25) is 0 Å². The van der Waals surface area contributed by atoms with Crippen LogP contribution in [0.1, 0.15) is 103 Å². The Morgan fingerprint density at radius 3 is 1.38 bits per heavy atom. The summed E-state index contributed by atoms with van der Waals surface area (Å²) >= 11 is 14.9. The molecule has 0 spiro atoms. The number of halogens is 2. The van der Waals surface area contributed by atoms with Gasteiger partial charge in [0.1, 0.15) is 21.4 Å². The fourth-order valence-electron chi connectivity index (χ4n) is 7.54. The van der Waals surface area contributed by atoms with E-state index in [-0.39, 0.29) is 49.2 Å². The number of benzene rings is 2. The summed E-state index contributed by atoms with van der Waals surface area (Å²) in [6.45, 7) is 5.56. The number of carbonyl (C=O) groups excluding carboxylic acids is 2. The quantitative estimate of drug-likeness (QED) is 0.0603. The number of aryl methyl sites for hydroxylation is 2. The second-order valence-electron chi connectivity index (χ2n) is 15.0. The first-order chi connectivity index (χ1) is 29.1. The Hall–Kier alpha value is -4.38. The van der Waals surface area contributed by atoms with Gasteiger partial charge >= 0.3 is 0 Å². The summed E-state index contributed by atoms with van der Waals surface area (Å²) in [7, 11) is 0. The summed E-state index contributed by atoms with van der Waals surface area (Å²) in [5, 5.41) is 35.5. The Bertz CT molecular complexity index is 2180. The molecule has 0 radical (unpaired) electrons. The summed E-state index contributed by atoms with van der Waals surface area (Å²) < 4.78 is 0. The number of nitrogens with zero attached hydrogens (tertiary/aromatic N) is 2. The van der Waals surface area contributed by atoms with Crippen molar-refractivity contribution in [3.8, 4) is 22.5 Å². The number of aliphatic hydroxyl groups excluding tert-OH is 2. The van der Waals surface area contributed by atoms with Crippen LogP contribution in [0.3, 0.4) is 0 Å². The highest BCUT2D eigenvalue weighted by Gasteiger charge is 2.31. The second-order valence-corrected chi connectivity index (χ2v) is 18.1. The number of thiazole rings is 2. The number of piperidine rings is 2. The van der Waals surface area contributed by atoms with Crippen molar-refractivity contribution in [2.75, 3.05) is 13.1 Å². The van der Waals surface area contributed by atoms with Crippen molar-refractivity contribution in [1.82, 2.24) is 41.2 Å². The number of hydrogen-bond acceptors (Lipinski definition) is 10. The molecule has 2 fully saturated rings. The van der Waals surface area contributed by atoms with E-state index in [1.165, 1.54) is 22.7 Å². The topological polar surface area (TPSA) is 180 Å². The van der Waals surface area contributed by atoms with Gasteiger partial charge in [-0.25, -0.2) is 9.97 Å². The number of aromatic nitrogens is 4. The highest BCUT2D eigenvalue weighted by atomic mass is 35.5. The highest BCUT2D eigenvalue weighted by molar-refractivity contribution is 7.12. The van der Waals surface area contributed by atoms with Crippen molar-refractivity contribution in [3.63, 3.8) is 0 Å². The van der Waals surface area contributed by atoms with Crippen molar-refractivity contribution in [2.45, 2.75) is 89.8 Å². The fourth-order valence-corrected chi connectivity index (χ4v) is 9.88. The highest BCUT2D eigenvalue weighted by Crippen LogP contribution is 2.32. The van der Waals surface area contributed by atoms with E-state index in [4.69, 9.17) is 23.2 Å². The van der Waals surface area contributed by atoms with Crippen LogP contribution in [0.25, 0.3) is 22.5 Å². The largest absolute Gasteiger partial charge is 0.391 e.